The molecule has 0 saturated heterocycles. The summed E-state index contributed by atoms with van der Waals surface area (Å²) in [6.07, 6.45) is 2.76. The maximum Gasteiger partial charge on any atom is 0.154 e. The van der Waals surface area contributed by atoms with Gasteiger partial charge in [0.2, 0.25) is 0 Å². The summed E-state index contributed by atoms with van der Waals surface area (Å²) in [7, 11) is 1.65. The molecule has 5 heteroatoms. The monoisotopic (exact) mass is 373 g/mol. The SMILES string of the molecule is COC(c1cccnc1)C(Oc1ccc(Cl)cc1Cl)c1ccccc1. The zero-order valence-corrected chi connectivity index (χ0v) is 15.1. The Hall–Kier alpha value is -2.07. The van der Waals surface area contributed by atoms with Gasteiger partial charge in [-0.2, -0.15) is 0 Å². The van der Waals surface area contributed by atoms with Crippen LogP contribution in [0.1, 0.15) is 23.3 Å². The van der Waals surface area contributed by atoms with Gasteiger partial charge in [-0.1, -0.05) is 59.6 Å². The molecule has 0 N–H and O–H groups in total. The molecule has 3 nitrogen and oxygen atoms in total. The number of ether oxygens (including phenoxy) is 2. The fourth-order valence-corrected chi connectivity index (χ4v) is 3.09. The van der Waals surface area contributed by atoms with Crippen molar-refractivity contribution in [3.05, 3.63) is 94.2 Å². The average molecular weight is 374 g/mol. The van der Waals surface area contributed by atoms with Crippen molar-refractivity contribution in [1.29, 1.82) is 0 Å². The van der Waals surface area contributed by atoms with Crippen LogP contribution in [0.3, 0.4) is 0 Å². The Morgan fingerprint density at radius 1 is 0.880 bits per heavy atom. The van der Waals surface area contributed by atoms with E-state index >= 15 is 0 Å². The van der Waals surface area contributed by atoms with Gasteiger partial charge < -0.3 is 9.47 Å². The fraction of sp³-hybridized carbons (Fsp3) is 0.150. The van der Waals surface area contributed by atoms with E-state index in [1.54, 1.807) is 37.7 Å². The van der Waals surface area contributed by atoms with Gasteiger partial charge in [-0.3, -0.25) is 4.98 Å². The number of methoxy groups -OCH3 is 1. The summed E-state index contributed by atoms with van der Waals surface area (Å²) in [5, 5.41) is 1.01. The number of benzene rings is 2. The third-order valence-corrected chi connectivity index (χ3v) is 4.35. The summed E-state index contributed by atoms with van der Waals surface area (Å²) in [6, 6.07) is 18.9. The molecule has 2 unspecified atom stereocenters. The number of aromatic nitrogens is 1. The third-order valence-electron chi connectivity index (χ3n) is 3.82. The highest BCUT2D eigenvalue weighted by atomic mass is 35.5. The third kappa shape index (κ3) is 4.31. The van der Waals surface area contributed by atoms with Gasteiger partial charge in [0.05, 0.1) is 5.02 Å². The van der Waals surface area contributed by atoms with Gasteiger partial charge in [-0.25, -0.2) is 0 Å². The van der Waals surface area contributed by atoms with Crippen LogP contribution in [0.25, 0.3) is 0 Å². The number of rotatable bonds is 6. The number of hydrogen-bond acceptors (Lipinski definition) is 3. The molecular formula is C20H17Cl2NO2. The van der Waals surface area contributed by atoms with Crippen LogP contribution in [0.5, 0.6) is 5.75 Å². The van der Waals surface area contributed by atoms with E-state index in [4.69, 9.17) is 32.7 Å². The first-order valence-corrected chi connectivity index (χ1v) is 8.54. The van der Waals surface area contributed by atoms with Gasteiger partial charge in [0.25, 0.3) is 0 Å². The maximum absolute atomic E-state index is 6.29. The molecule has 1 aromatic heterocycles. The Balaban J connectivity index is 2.00. The van der Waals surface area contributed by atoms with Crippen molar-refractivity contribution in [2.24, 2.45) is 0 Å². The van der Waals surface area contributed by atoms with Crippen LogP contribution < -0.4 is 4.74 Å². The normalized spacial score (nSPS) is 13.2. The lowest BCUT2D eigenvalue weighted by atomic mass is 9.99. The molecule has 0 spiro atoms. The van der Waals surface area contributed by atoms with Crippen molar-refractivity contribution in [3.8, 4) is 5.75 Å². The second kappa shape index (κ2) is 8.34. The quantitative estimate of drug-likeness (QED) is 0.539. The standard InChI is InChI=1S/C20H17Cl2NO2/c1-24-19(15-8-5-11-23-13-15)20(14-6-3-2-4-7-14)25-18-10-9-16(21)12-17(18)22/h2-13,19-20H,1H3. The summed E-state index contributed by atoms with van der Waals surface area (Å²) >= 11 is 12.3. The lowest BCUT2D eigenvalue weighted by Gasteiger charge is -2.28. The lowest BCUT2D eigenvalue weighted by molar-refractivity contribution is -0.00115. The second-order valence-electron chi connectivity index (χ2n) is 5.47. The molecule has 1 heterocycles. The molecule has 0 aliphatic rings. The Kier molecular flexibility index (Phi) is 5.92. The van der Waals surface area contributed by atoms with Gasteiger partial charge >= 0.3 is 0 Å². The van der Waals surface area contributed by atoms with E-state index < -0.39 is 6.10 Å². The number of nitrogens with zero attached hydrogens (tertiary/aromatic N) is 1. The first-order chi connectivity index (χ1) is 12.2. The largest absolute Gasteiger partial charge is 0.481 e. The molecule has 0 saturated carbocycles. The molecular weight excluding hydrogens is 357 g/mol. The van der Waals surface area contributed by atoms with E-state index in [0.717, 1.165) is 11.1 Å². The fourth-order valence-electron chi connectivity index (χ4n) is 2.63. The Morgan fingerprint density at radius 2 is 1.64 bits per heavy atom. The predicted molar refractivity (Wildman–Crippen MR) is 100 cm³/mol. The minimum Gasteiger partial charge on any atom is -0.481 e. The summed E-state index contributed by atoms with van der Waals surface area (Å²) in [5.41, 5.74) is 1.90. The zero-order chi connectivity index (χ0) is 17.6. The molecule has 0 aliphatic carbocycles. The highest BCUT2D eigenvalue weighted by Crippen LogP contribution is 2.38. The van der Waals surface area contributed by atoms with Gasteiger partial charge in [-0.05, 0) is 29.8 Å². The molecule has 2 atom stereocenters. The molecule has 0 amide bonds. The number of halogens is 2. The topological polar surface area (TPSA) is 31.4 Å². The van der Waals surface area contributed by atoms with E-state index in [2.05, 4.69) is 4.98 Å². The minimum absolute atomic E-state index is 0.345. The molecule has 2 aromatic carbocycles. The van der Waals surface area contributed by atoms with E-state index in [9.17, 15) is 0 Å². The van der Waals surface area contributed by atoms with Crippen LogP contribution in [0.4, 0.5) is 0 Å². The summed E-state index contributed by atoms with van der Waals surface area (Å²) in [4.78, 5) is 4.19. The Labute approximate surface area is 157 Å². The highest BCUT2D eigenvalue weighted by molar-refractivity contribution is 6.35. The molecule has 3 rings (SSSR count). The first kappa shape index (κ1) is 17.7. The van der Waals surface area contributed by atoms with Crippen LogP contribution in [-0.2, 0) is 4.74 Å². The van der Waals surface area contributed by atoms with Crippen LogP contribution in [-0.4, -0.2) is 12.1 Å². The van der Waals surface area contributed by atoms with Crippen molar-refractivity contribution in [2.45, 2.75) is 12.2 Å². The molecule has 0 radical (unpaired) electrons. The summed E-state index contributed by atoms with van der Waals surface area (Å²) < 4.78 is 12.0. The van der Waals surface area contributed by atoms with E-state index in [-0.39, 0.29) is 6.10 Å². The van der Waals surface area contributed by atoms with Gasteiger partial charge in [0.1, 0.15) is 11.9 Å². The van der Waals surface area contributed by atoms with Crippen molar-refractivity contribution in [1.82, 2.24) is 4.98 Å². The van der Waals surface area contributed by atoms with Crippen molar-refractivity contribution >= 4 is 23.2 Å². The van der Waals surface area contributed by atoms with E-state index in [1.807, 2.05) is 42.5 Å². The smallest absolute Gasteiger partial charge is 0.154 e. The van der Waals surface area contributed by atoms with Crippen LogP contribution >= 0.6 is 23.2 Å². The van der Waals surface area contributed by atoms with Gasteiger partial charge in [0.15, 0.2) is 6.10 Å². The Morgan fingerprint density at radius 3 is 2.28 bits per heavy atom. The van der Waals surface area contributed by atoms with Crippen molar-refractivity contribution in [2.75, 3.05) is 7.11 Å². The molecule has 0 fully saturated rings. The zero-order valence-electron chi connectivity index (χ0n) is 13.6. The number of hydrogen-bond donors (Lipinski definition) is 0. The van der Waals surface area contributed by atoms with Crippen LogP contribution in [0, 0.1) is 0 Å². The minimum atomic E-state index is -0.394. The van der Waals surface area contributed by atoms with E-state index in [0.29, 0.717) is 15.8 Å². The van der Waals surface area contributed by atoms with Crippen LogP contribution in [0.2, 0.25) is 10.0 Å². The van der Waals surface area contributed by atoms with Crippen LogP contribution in [0.15, 0.2) is 73.1 Å². The van der Waals surface area contributed by atoms with Crippen molar-refractivity contribution in [3.63, 3.8) is 0 Å². The Bertz CT molecular complexity index is 812. The van der Waals surface area contributed by atoms with Gasteiger partial charge in [-0.15, -0.1) is 0 Å². The second-order valence-corrected chi connectivity index (χ2v) is 6.31. The maximum atomic E-state index is 6.29. The average Bonchev–Trinajstić information content (AvgIpc) is 2.65. The molecule has 25 heavy (non-hydrogen) atoms. The van der Waals surface area contributed by atoms with E-state index in [1.165, 1.54) is 0 Å². The predicted octanol–water partition coefficient (Wildman–Crippen LogP) is 5.90. The van der Waals surface area contributed by atoms with Gasteiger partial charge in [0, 0.05) is 30.1 Å². The molecule has 128 valence electrons. The highest BCUT2D eigenvalue weighted by Gasteiger charge is 2.27. The molecule has 0 aliphatic heterocycles. The lowest BCUT2D eigenvalue weighted by Crippen LogP contribution is -2.19. The van der Waals surface area contributed by atoms with Crippen molar-refractivity contribution < 1.29 is 9.47 Å². The first-order valence-electron chi connectivity index (χ1n) is 7.78. The summed E-state index contributed by atoms with van der Waals surface area (Å²) in [6.45, 7) is 0. The number of pyridine rings is 1. The molecule has 0 bridgehead atoms. The summed E-state index contributed by atoms with van der Waals surface area (Å²) in [5.74, 6) is 0.547. The molecule has 3 aromatic rings.